The summed E-state index contributed by atoms with van der Waals surface area (Å²) in [6.45, 7) is 0. The molecule has 0 unspecified atom stereocenters. The van der Waals surface area contributed by atoms with Crippen LogP contribution in [0.25, 0.3) is 10.9 Å². The Bertz CT molecular complexity index is 1140. The molecule has 0 spiro atoms. The topological polar surface area (TPSA) is 89.0 Å². The van der Waals surface area contributed by atoms with Crippen LogP contribution in [0.5, 0.6) is 5.75 Å². The highest BCUT2D eigenvalue weighted by molar-refractivity contribution is 5.98. The van der Waals surface area contributed by atoms with Gasteiger partial charge in [-0.05, 0) is 62.8 Å². The molecular formula is C23H26N4O3. The third-order valence-electron chi connectivity index (χ3n) is 6.29. The zero-order chi connectivity index (χ0) is 20.7. The van der Waals surface area contributed by atoms with Crippen molar-refractivity contribution in [3.05, 3.63) is 58.1 Å². The van der Waals surface area contributed by atoms with Gasteiger partial charge in [0, 0.05) is 35.0 Å². The fraction of sp³-hybridized carbons (Fsp3) is 0.435. The number of amides is 1. The van der Waals surface area contributed by atoms with Crippen molar-refractivity contribution in [1.82, 2.24) is 20.1 Å². The molecule has 1 aromatic carbocycles. The molecule has 156 valence electrons. The second-order valence-corrected chi connectivity index (χ2v) is 8.43. The highest BCUT2D eigenvalue weighted by Crippen LogP contribution is 2.38. The number of benzene rings is 1. The standard InChI is InChI=1S/C23H26N4O3/c1-30-18-9-4-15-12-21(25-20(15)13-18)23(29)24-16-5-7-17(8-6-16)27-22(28)11-10-19(26-27)14-2-3-14/h4,9-14,16-17,25H,2-3,5-8H2,1H3,(H,24,29). The molecule has 0 atom stereocenters. The van der Waals surface area contributed by atoms with E-state index in [1.165, 1.54) is 12.8 Å². The second-order valence-electron chi connectivity index (χ2n) is 8.43. The predicted molar refractivity (Wildman–Crippen MR) is 114 cm³/mol. The Kier molecular flexibility index (Phi) is 4.81. The first-order valence-electron chi connectivity index (χ1n) is 10.7. The highest BCUT2D eigenvalue weighted by Gasteiger charge is 2.28. The minimum absolute atomic E-state index is 0.0274. The lowest BCUT2D eigenvalue weighted by Crippen LogP contribution is -2.39. The van der Waals surface area contributed by atoms with Crippen LogP contribution in [-0.2, 0) is 0 Å². The molecule has 5 rings (SSSR count). The lowest BCUT2D eigenvalue weighted by atomic mass is 9.91. The number of fused-ring (bicyclic) bond motifs is 1. The van der Waals surface area contributed by atoms with Crippen molar-refractivity contribution in [3.63, 3.8) is 0 Å². The molecule has 0 radical (unpaired) electrons. The van der Waals surface area contributed by atoms with Gasteiger partial charge in [0.25, 0.3) is 11.5 Å². The smallest absolute Gasteiger partial charge is 0.267 e. The molecular weight excluding hydrogens is 380 g/mol. The molecule has 0 bridgehead atoms. The Balaban J connectivity index is 1.22. The molecule has 2 aliphatic rings. The molecule has 7 nitrogen and oxygen atoms in total. The van der Waals surface area contributed by atoms with Gasteiger partial charge in [-0.2, -0.15) is 5.10 Å². The lowest BCUT2D eigenvalue weighted by Gasteiger charge is -2.29. The van der Waals surface area contributed by atoms with E-state index in [0.717, 1.165) is 48.0 Å². The third-order valence-corrected chi connectivity index (χ3v) is 6.29. The molecule has 2 heterocycles. The monoisotopic (exact) mass is 406 g/mol. The molecule has 2 aromatic heterocycles. The van der Waals surface area contributed by atoms with Crippen LogP contribution in [0.4, 0.5) is 0 Å². The number of carbonyl (C=O) groups is 1. The van der Waals surface area contributed by atoms with Gasteiger partial charge >= 0.3 is 0 Å². The van der Waals surface area contributed by atoms with Crippen LogP contribution >= 0.6 is 0 Å². The van der Waals surface area contributed by atoms with Gasteiger partial charge in [0.2, 0.25) is 0 Å². The lowest BCUT2D eigenvalue weighted by molar-refractivity contribution is 0.0917. The Morgan fingerprint density at radius 3 is 2.63 bits per heavy atom. The maximum atomic E-state index is 12.7. The number of nitrogens with zero attached hydrogens (tertiary/aromatic N) is 2. The Hall–Kier alpha value is -3.09. The number of nitrogens with one attached hydrogen (secondary N) is 2. The van der Waals surface area contributed by atoms with Crippen LogP contribution in [0.3, 0.4) is 0 Å². The van der Waals surface area contributed by atoms with Gasteiger partial charge < -0.3 is 15.0 Å². The van der Waals surface area contributed by atoms with Gasteiger partial charge in [-0.25, -0.2) is 4.68 Å². The molecule has 0 aliphatic heterocycles. The molecule has 2 fully saturated rings. The van der Waals surface area contributed by atoms with Crippen molar-refractivity contribution < 1.29 is 9.53 Å². The van der Waals surface area contributed by atoms with Crippen molar-refractivity contribution in [2.75, 3.05) is 7.11 Å². The van der Waals surface area contributed by atoms with Gasteiger partial charge in [0.15, 0.2) is 0 Å². The van der Waals surface area contributed by atoms with E-state index in [1.807, 2.05) is 30.3 Å². The van der Waals surface area contributed by atoms with E-state index in [4.69, 9.17) is 4.74 Å². The predicted octanol–water partition coefficient (Wildman–Crippen LogP) is 3.52. The molecule has 2 N–H and O–H groups in total. The Labute approximate surface area is 174 Å². The number of aromatic amines is 1. The van der Waals surface area contributed by atoms with E-state index >= 15 is 0 Å². The van der Waals surface area contributed by atoms with Crippen molar-refractivity contribution in [2.24, 2.45) is 0 Å². The third kappa shape index (κ3) is 3.72. The fourth-order valence-electron chi connectivity index (χ4n) is 4.38. The quantitative estimate of drug-likeness (QED) is 0.678. The van der Waals surface area contributed by atoms with E-state index in [2.05, 4.69) is 15.4 Å². The summed E-state index contributed by atoms with van der Waals surface area (Å²) in [6.07, 6.45) is 5.71. The van der Waals surface area contributed by atoms with Crippen LogP contribution in [-0.4, -0.2) is 33.8 Å². The number of hydrogen-bond donors (Lipinski definition) is 2. The van der Waals surface area contributed by atoms with Crippen molar-refractivity contribution in [3.8, 4) is 5.75 Å². The van der Waals surface area contributed by atoms with Crippen molar-refractivity contribution >= 4 is 16.8 Å². The summed E-state index contributed by atoms with van der Waals surface area (Å²) in [5.41, 5.74) is 2.44. The zero-order valence-corrected chi connectivity index (χ0v) is 17.1. The second kappa shape index (κ2) is 7.63. The first-order valence-corrected chi connectivity index (χ1v) is 10.7. The van der Waals surface area contributed by atoms with Gasteiger partial charge in [-0.15, -0.1) is 0 Å². The molecule has 1 amide bonds. The average Bonchev–Trinajstić information content (AvgIpc) is 3.52. The zero-order valence-electron chi connectivity index (χ0n) is 17.1. The molecule has 0 saturated heterocycles. The number of ether oxygens (including phenoxy) is 1. The van der Waals surface area contributed by atoms with Gasteiger partial charge in [-0.3, -0.25) is 9.59 Å². The van der Waals surface area contributed by atoms with E-state index < -0.39 is 0 Å². The first kappa shape index (κ1) is 18.9. The summed E-state index contributed by atoms with van der Waals surface area (Å²) in [6, 6.07) is 11.3. The first-order chi connectivity index (χ1) is 14.6. The Morgan fingerprint density at radius 1 is 1.10 bits per heavy atom. The maximum Gasteiger partial charge on any atom is 0.267 e. The van der Waals surface area contributed by atoms with Crippen molar-refractivity contribution in [2.45, 2.75) is 56.5 Å². The fourth-order valence-corrected chi connectivity index (χ4v) is 4.38. The number of methoxy groups -OCH3 is 1. The summed E-state index contributed by atoms with van der Waals surface area (Å²) in [4.78, 5) is 28.2. The van der Waals surface area contributed by atoms with Gasteiger partial charge in [-0.1, -0.05) is 0 Å². The van der Waals surface area contributed by atoms with Crippen LogP contribution in [0.2, 0.25) is 0 Å². The van der Waals surface area contributed by atoms with Gasteiger partial charge in [0.05, 0.1) is 18.8 Å². The van der Waals surface area contributed by atoms with E-state index in [1.54, 1.807) is 17.9 Å². The van der Waals surface area contributed by atoms with E-state index in [0.29, 0.717) is 11.6 Å². The normalized spacial score (nSPS) is 21.5. The molecule has 2 saturated carbocycles. The van der Waals surface area contributed by atoms with Crippen LogP contribution < -0.4 is 15.6 Å². The maximum absolute atomic E-state index is 12.7. The average molecular weight is 406 g/mol. The van der Waals surface area contributed by atoms with Gasteiger partial charge in [0.1, 0.15) is 11.4 Å². The number of H-pyrrole nitrogens is 1. The summed E-state index contributed by atoms with van der Waals surface area (Å²) < 4.78 is 6.92. The van der Waals surface area contributed by atoms with E-state index in [-0.39, 0.29) is 23.6 Å². The number of carbonyl (C=O) groups excluding carboxylic acids is 1. The van der Waals surface area contributed by atoms with Crippen LogP contribution in [0, 0.1) is 0 Å². The SMILES string of the molecule is COc1ccc2cc(C(=O)NC3CCC(n4nc(C5CC5)ccc4=O)CC3)[nH]c2c1. The largest absolute Gasteiger partial charge is 0.497 e. The molecule has 30 heavy (non-hydrogen) atoms. The number of rotatable bonds is 5. The van der Waals surface area contributed by atoms with Crippen LogP contribution in [0.1, 0.15) is 66.7 Å². The minimum atomic E-state index is -0.0976. The minimum Gasteiger partial charge on any atom is -0.497 e. The summed E-state index contributed by atoms with van der Waals surface area (Å²) in [5, 5.41) is 8.75. The molecule has 3 aromatic rings. The Morgan fingerprint density at radius 2 is 1.90 bits per heavy atom. The summed E-state index contributed by atoms with van der Waals surface area (Å²) in [7, 11) is 1.62. The van der Waals surface area contributed by atoms with Crippen molar-refractivity contribution in [1.29, 1.82) is 0 Å². The highest BCUT2D eigenvalue weighted by atomic mass is 16.5. The molecule has 2 aliphatic carbocycles. The number of hydrogen-bond acceptors (Lipinski definition) is 4. The van der Waals surface area contributed by atoms with E-state index in [9.17, 15) is 9.59 Å². The number of aromatic nitrogens is 3. The molecule has 7 heteroatoms. The van der Waals surface area contributed by atoms with Crippen LogP contribution in [0.15, 0.2) is 41.2 Å². The summed E-state index contributed by atoms with van der Waals surface area (Å²) in [5.74, 6) is 1.19. The summed E-state index contributed by atoms with van der Waals surface area (Å²) >= 11 is 0.